The van der Waals surface area contributed by atoms with Crippen molar-refractivity contribution in [2.24, 2.45) is 41.4 Å². The molecule has 23 heavy (non-hydrogen) atoms. The maximum Gasteiger partial charge on any atom is 0.0630 e. The molecule has 3 heteroatoms. The lowest BCUT2D eigenvalue weighted by Crippen LogP contribution is -2.44. The first-order chi connectivity index (χ1) is 11.2. The van der Waals surface area contributed by atoms with E-state index in [0.29, 0.717) is 12.0 Å². The Balaban J connectivity index is 1.79. The molecule has 0 bridgehead atoms. The molecule has 134 valence electrons. The molecule has 8 unspecified atom stereocenters. The number of nitrogens with one attached hydrogen (secondary N) is 1. The van der Waals surface area contributed by atoms with Crippen LogP contribution in [0.3, 0.4) is 0 Å². The predicted octanol–water partition coefficient (Wildman–Crippen LogP) is 3.32. The molecule has 0 aromatic heterocycles. The van der Waals surface area contributed by atoms with E-state index in [9.17, 15) is 0 Å². The first kappa shape index (κ1) is 17.7. The van der Waals surface area contributed by atoms with Crippen LogP contribution < -0.4 is 5.32 Å². The maximum atomic E-state index is 9.00. The Morgan fingerprint density at radius 2 is 1.74 bits per heavy atom. The summed E-state index contributed by atoms with van der Waals surface area (Å²) in [5.74, 6) is 5.93. The van der Waals surface area contributed by atoms with Gasteiger partial charge in [0.05, 0.1) is 12.7 Å². The van der Waals surface area contributed by atoms with Crippen molar-refractivity contribution in [3.05, 3.63) is 0 Å². The number of aliphatic hydroxyl groups excluding tert-OH is 1. The number of rotatable bonds is 6. The number of hydrogen-bond donors (Lipinski definition) is 2. The van der Waals surface area contributed by atoms with Crippen LogP contribution in [0.15, 0.2) is 0 Å². The summed E-state index contributed by atoms with van der Waals surface area (Å²) in [6, 6.07) is 0. The second kappa shape index (κ2) is 7.84. The third-order valence-electron chi connectivity index (χ3n) is 7.41. The van der Waals surface area contributed by atoms with E-state index in [1.807, 2.05) is 7.11 Å². The van der Waals surface area contributed by atoms with Crippen LogP contribution in [0.25, 0.3) is 0 Å². The highest BCUT2D eigenvalue weighted by atomic mass is 16.5. The van der Waals surface area contributed by atoms with E-state index in [2.05, 4.69) is 19.2 Å². The summed E-state index contributed by atoms with van der Waals surface area (Å²) in [6.07, 6.45) is 8.86. The van der Waals surface area contributed by atoms with Gasteiger partial charge in [-0.25, -0.2) is 0 Å². The van der Waals surface area contributed by atoms with E-state index < -0.39 is 0 Å². The van der Waals surface area contributed by atoms with Gasteiger partial charge >= 0.3 is 0 Å². The minimum Gasteiger partial charge on any atom is -0.395 e. The number of hydrogen-bond acceptors (Lipinski definition) is 3. The number of aliphatic hydroxyl groups is 1. The van der Waals surface area contributed by atoms with Gasteiger partial charge in [-0.05, 0) is 73.7 Å². The minimum absolute atomic E-state index is 0.248. The van der Waals surface area contributed by atoms with Gasteiger partial charge in [0.2, 0.25) is 0 Å². The van der Waals surface area contributed by atoms with Crippen LogP contribution in [0, 0.1) is 41.4 Å². The van der Waals surface area contributed by atoms with Gasteiger partial charge in [0.15, 0.2) is 0 Å². The monoisotopic (exact) mass is 323 g/mol. The smallest absolute Gasteiger partial charge is 0.0630 e. The Bertz CT molecular complexity index is 375. The van der Waals surface area contributed by atoms with E-state index in [-0.39, 0.29) is 6.61 Å². The molecule has 0 radical (unpaired) electrons. The summed E-state index contributed by atoms with van der Waals surface area (Å²) in [4.78, 5) is 0. The van der Waals surface area contributed by atoms with Crippen molar-refractivity contribution in [2.45, 2.75) is 58.5 Å². The minimum atomic E-state index is 0.248. The predicted molar refractivity (Wildman–Crippen MR) is 94.2 cm³/mol. The molecule has 0 aliphatic heterocycles. The van der Waals surface area contributed by atoms with Crippen LogP contribution in [-0.2, 0) is 4.74 Å². The second-order valence-corrected chi connectivity index (χ2v) is 8.58. The third kappa shape index (κ3) is 3.34. The third-order valence-corrected chi connectivity index (χ3v) is 7.41. The summed E-state index contributed by atoms with van der Waals surface area (Å²) >= 11 is 0. The summed E-state index contributed by atoms with van der Waals surface area (Å²) in [6.45, 7) is 6.95. The quantitative estimate of drug-likeness (QED) is 0.737. The van der Waals surface area contributed by atoms with Gasteiger partial charge < -0.3 is 15.2 Å². The molecule has 0 aromatic rings. The zero-order valence-corrected chi connectivity index (χ0v) is 15.3. The van der Waals surface area contributed by atoms with Crippen molar-refractivity contribution in [3.8, 4) is 0 Å². The molecule has 0 amide bonds. The number of fused-ring (bicyclic) bond motifs is 3. The Kier molecular flexibility index (Phi) is 6.03. The molecule has 3 saturated carbocycles. The molecule has 0 aromatic carbocycles. The summed E-state index contributed by atoms with van der Waals surface area (Å²) < 4.78 is 6.07. The molecule has 0 saturated heterocycles. The number of ether oxygens (including phenoxy) is 1. The second-order valence-electron chi connectivity index (χ2n) is 8.58. The highest BCUT2D eigenvalue weighted by Gasteiger charge is 2.57. The molecule has 2 N–H and O–H groups in total. The van der Waals surface area contributed by atoms with Crippen molar-refractivity contribution in [1.82, 2.24) is 5.32 Å². The van der Waals surface area contributed by atoms with Crippen LogP contribution in [0.2, 0.25) is 0 Å². The molecule has 0 spiro atoms. The highest BCUT2D eigenvalue weighted by molar-refractivity contribution is 5.05. The Morgan fingerprint density at radius 1 is 1.00 bits per heavy atom. The Labute approximate surface area is 142 Å². The Hall–Kier alpha value is -0.120. The first-order valence-corrected chi connectivity index (χ1v) is 10.0. The van der Waals surface area contributed by atoms with Crippen molar-refractivity contribution in [1.29, 1.82) is 0 Å². The van der Waals surface area contributed by atoms with Crippen LogP contribution in [0.5, 0.6) is 0 Å². The van der Waals surface area contributed by atoms with Crippen molar-refractivity contribution >= 4 is 0 Å². The fourth-order valence-corrected chi connectivity index (χ4v) is 6.84. The average Bonchev–Trinajstić information content (AvgIpc) is 2.87. The maximum absolute atomic E-state index is 9.00. The summed E-state index contributed by atoms with van der Waals surface area (Å²) in [7, 11) is 1.94. The van der Waals surface area contributed by atoms with Gasteiger partial charge in [-0.1, -0.05) is 26.7 Å². The van der Waals surface area contributed by atoms with Gasteiger partial charge in [0, 0.05) is 13.7 Å². The molecule has 0 heterocycles. The van der Waals surface area contributed by atoms with Gasteiger partial charge in [-0.2, -0.15) is 0 Å². The van der Waals surface area contributed by atoms with Crippen LogP contribution >= 0.6 is 0 Å². The molecule has 3 fully saturated rings. The lowest BCUT2D eigenvalue weighted by atomic mass is 9.64. The highest BCUT2D eigenvalue weighted by Crippen LogP contribution is 2.60. The molecular formula is C20H37NO2. The van der Waals surface area contributed by atoms with Crippen LogP contribution in [-0.4, -0.2) is 38.0 Å². The van der Waals surface area contributed by atoms with Crippen molar-refractivity contribution in [2.75, 3.05) is 26.8 Å². The van der Waals surface area contributed by atoms with Gasteiger partial charge in [0.25, 0.3) is 0 Å². The lowest BCUT2D eigenvalue weighted by Gasteiger charge is -2.45. The van der Waals surface area contributed by atoms with E-state index in [4.69, 9.17) is 9.84 Å². The van der Waals surface area contributed by atoms with Crippen molar-refractivity contribution < 1.29 is 9.84 Å². The van der Waals surface area contributed by atoms with Crippen molar-refractivity contribution in [3.63, 3.8) is 0 Å². The van der Waals surface area contributed by atoms with E-state index >= 15 is 0 Å². The Morgan fingerprint density at radius 3 is 2.43 bits per heavy atom. The zero-order valence-electron chi connectivity index (χ0n) is 15.3. The molecular weight excluding hydrogens is 286 g/mol. The SMILES string of the molecule is COC1C(C)CC(C)C2C3CCCCC3C(CCNCCO)C12. The van der Waals surface area contributed by atoms with E-state index in [0.717, 1.165) is 48.6 Å². The molecule has 3 nitrogen and oxygen atoms in total. The lowest BCUT2D eigenvalue weighted by molar-refractivity contribution is -0.0699. The van der Waals surface area contributed by atoms with Gasteiger partial charge in [-0.3, -0.25) is 0 Å². The molecule has 3 rings (SSSR count). The normalized spacial score (nSPS) is 46.4. The van der Waals surface area contributed by atoms with Crippen LogP contribution in [0.4, 0.5) is 0 Å². The molecule has 3 aliphatic carbocycles. The topological polar surface area (TPSA) is 41.5 Å². The fraction of sp³-hybridized carbons (Fsp3) is 1.00. The zero-order chi connectivity index (χ0) is 16.4. The standard InChI is InChI=1S/C20H37NO2/c1-13-12-14(2)20(23-3)19-17(8-9-21-10-11-22)15-6-4-5-7-16(15)18(13)19/h13-22H,4-12H2,1-3H3. The van der Waals surface area contributed by atoms with Crippen LogP contribution in [0.1, 0.15) is 52.4 Å². The summed E-state index contributed by atoms with van der Waals surface area (Å²) in [5.41, 5.74) is 0. The molecule has 3 aliphatic rings. The largest absolute Gasteiger partial charge is 0.395 e. The fourth-order valence-electron chi connectivity index (χ4n) is 6.84. The van der Waals surface area contributed by atoms with E-state index in [1.165, 1.54) is 38.5 Å². The molecule has 8 atom stereocenters. The number of methoxy groups -OCH3 is 1. The first-order valence-electron chi connectivity index (χ1n) is 10.0. The van der Waals surface area contributed by atoms with E-state index in [1.54, 1.807) is 0 Å². The van der Waals surface area contributed by atoms with Gasteiger partial charge in [0.1, 0.15) is 0 Å². The summed E-state index contributed by atoms with van der Waals surface area (Å²) in [5, 5.41) is 12.4. The average molecular weight is 324 g/mol. The van der Waals surface area contributed by atoms with Gasteiger partial charge in [-0.15, -0.1) is 0 Å².